The van der Waals surface area contributed by atoms with Crippen molar-refractivity contribution in [2.45, 2.75) is 13.8 Å². The lowest BCUT2D eigenvalue weighted by atomic mass is 10.0. The molecule has 2 N–H and O–H groups in total. The van der Waals surface area contributed by atoms with Gasteiger partial charge in [0.2, 0.25) is 15.8 Å². The third-order valence-corrected chi connectivity index (χ3v) is 5.72. The van der Waals surface area contributed by atoms with E-state index < -0.39 is 38.7 Å². The van der Waals surface area contributed by atoms with Crippen LogP contribution in [0, 0.1) is 17.6 Å². The number of rotatable bonds is 6. The number of carbonyl (C=O) groups is 1. The van der Waals surface area contributed by atoms with E-state index in [1.54, 1.807) is 13.8 Å². The molecule has 0 aliphatic heterocycles. The number of carbonyl (C=O) groups excluding carboxylic acids is 1. The summed E-state index contributed by atoms with van der Waals surface area (Å²) in [6, 6.07) is 3.22. The Morgan fingerprint density at radius 3 is 2.71 bits per heavy atom. The molecule has 0 amide bonds. The lowest BCUT2D eigenvalue weighted by Gasteiger charge is -2.13. The van der Waals surface area contributed by atoms with E-state index in [2.05, 4.69) is 14.7 Å². The van der Waals surface area contributed by atoms with Crippen LogP contribution in [0.25, 0.3) is 11.0 Å². The molecule has 3 aromatic rings. The van der Waals surface area contributed by atoms with Gasteiger partial charge in [0.15, 0.2) is 5.82 Å². The van der Waals surface area contributed by atoms with Crippen LogP contribution in [0.15, 0.2) is 30.6 Å². The number of H-pyrrole nitrogens is 1. The monoisotopic (exact) mass is 427 g/mol. The summed E-state index contributed by atoms with van der Waals surface area (Å²) in [7, 11) is -3.86. The minimum absolute atomic E-state index is 0.0370. The first-order valence-electron chi connectivity index (χ1n) is 8.25. The SMILES string of the molecule is CC(C)CS(=O)(=O)Nc1ccc(F)c(C(=O)c2c[nH]c3ncc(Cl)cc23)c1F. The average Bonchev–Trinajstić information content (AvgIpc) is 2.99. The third-order valence-electron chi connectivity index (χ3n) is 3.88. The lowest BCUT2D eigenvalue weighted by molar-refractivity contribution is 0.103. The molecule has 0 aliphatic rings. The number of sulfonamides is 1. The molecule has 0 unspecified atom stereocenters. The predicted molar refractivity (Wildman–Crippen MR) is 103 cm³/mol. The fraction of sp³-hybridized carbons (Fsp3) is 0.222. The number of aromatic amines is 1. The van der Waals surface area contributed by atoms with Crippen LogP contribution in [0.3, 0.4) is 0 Å². The van der Waals surface area contributed by atoms with E-state index in [-0.39, 0.29) is 22.3 Å². The minimum atomic E-state index is -3.86. The molecule has 0 fully saturated rings. The molecule has 28 heavy (non-hydrogen) atoms. The van der Waals surface area contributed by atoms with Crippen molar-refractivity contribution in [3.05, 3.63) is 58.4 Å². The van der Waals surface area contributed by atoms with Crippen LogP contribution in [0.5, 0.6) is 0 Å². The van der Waals surface area contributed by atoms with E-state index in [0.717, 1.165) is 12.1 Å². The number of anilines is 1. The number of hydrogen-bond acceptors (Lipinski definition) is 4. The van der Waals surface area contributed by atoms with Gasteiger partial charge in [-0.3, -0.25) is 9.52 Å². The standard InChI is InChI=1S/C18H16ClF2N3O3S/c1-9(2)8-28(26,27)24-14-4-3-13(20)15(16(14)21)17(25)12-7-23-18-11(12)5-10(19)6-22-18/h3-7,9,24H,8H2,1-2H3,(H,22,23). The van der Waals surface area contributed by atoms with E-state index >= 15 is 0 Å². The molecule has 10 heteroatoms. The van der Waals surface area contributed by atoms with E-state index in [1.165, 1.54) is 18.5 Å². The zero-order valence-electron chi connectivity index (χ0n) is 14.9. The molecule has 0 saturated heterocycles. The van der Waals surface area contributed by atoms with E-state index in [9.17, 15) is 22.0 Å². The Morgan fingerprint density at radius 1 is 1.32 bits per heavy atom. The van der Waals surface area contributed by atoms with Gasteiger partial charge < -0.3 is 4.98 Å². The zero-order chi connectivity index (χ0) is 20.6. The van der Waals surface area contributed by atoms with Gasteiger partial charge in [-0.25, -0.2) is 22.2 Å². The van der Waals surface area contributed by atoms with Gasteiger partial charge in [0, 0.05) is 23.3 Å². The molecule has 6 nitrogen and oxygen atoms in total. The van der Waals surface area contributed by atoms with Crippen molar-refractivity contribution in [2.24, 2.45) is 5.92 Å². The highest BCUT2D eigenvalue weighted by molar-refractivity contribution is 7.92. The van der Waals surface area contributed by atoms with Crippen molar-refractivity contribution >= 4 is 44.1 Å². The molecule has 148 valence electrons. The number of fused-ring (bicyclic) bond motifs is 1. The van der Waals surface area contributed by atoms with Gasteiger partial charge in [-0.1, -0.05) is 25.4 Å². The maximum atomic E-state index is 14.9. The number of pyridine rings is 1. The van der Waals surface area contributed by atoms with Gasteiger partial charge in [0.1, 0.15) is 11.5 Å². The van der Waals surface area contributed by atoms with Crippen LogP contribution in [0.1, 0.15) is 29.8 Å². The quantitative estimate of drug-likeness (QED) is 0.579. The molecule has 0 saturated carbocycles. The Hall–Kier alpha value is -2.52. The molecular weight excluding hydrogens is 412 g/mol. The van der Waals surface area contributed by atoms with Crippen molar-refractivity contribution in [1.82, 2.24) is 9.97 Å². The summed E-state index contributed by atoms with van der Waals surface area (Å²) in [5.41, 5.74) is -1.08. The highest BCUT2D eigenvalue weighted by Crippen LogP contribution is 2.28. The Bertz CT molecular complexity index is 1180. The van der Waals surface area contributed by atoms with Crippen LogP contribution in [-0.2, 0) is 10.0 Å². The molecule has 0 atom stereocenters. The van der Waals surface area contributed by atoms with Crippen molar-refractivity contribution < 1.29 is 22.0 Å². The molecule has 2 aromatic heterocycles. The molecule has 0 spiro atoms. The van der Waals surface area contributed by atoms with Crippen LogP contribution < -0.4 is 4.72 Å². The van der Waals surface area contributed by atoms with Crippen molar-refractivity contribution in [2.75, 3.05) is 10.5 Å². The summed E-state index contributed by atoms with van der Waals surface area (Å²) in [4.78, 5) is 19.6. The smallest absolute Gasteiger partial charge is 0.233 e. The van der Waals surface area contributed by atoms with Gasteiger partial charge in [0.25, 0.3) is 0 Å². The molecule has 0 bridgehead atoms. The van der Waals surface area contributed by atoms with E-state index in [1.807, 2.05) is 0 Å². The summed E-state index contributed by atoms with van der Waals surface area (Å²) in [6.45, 7) is 3.37. The summed E-state index contributed by atoms with van der Waals surface area (Å²) in [6.07, 6.45) is 2.63. The summed E-state index contributed by atoms with van der Waals surface area (Å²) >= 11 is 5.89. The Labute approximate surface area is 165 Å². The van der Waals surface area contributed by atoms with Gasteiger partial charge in [-0.15, -0.1) is 0 Å². The van der Waals surface area contributed by atoms with E-state index in [4.69, 9.17) is 11.6 Å². The summed E-state index contributed by atoms with van der Waals surface area (Å²) in [5.74, 6) is -3.82. The normalized spacial score (nSPS) is 11.9. The second-order valence-electron chi connectivity index (χ2n) is 6.64. The molecular formula is C18H16ClF2N3O3S. The van der Waals surface area contributed by atoms with Crippen LogP contribution in [0.4, 0.5) is 14.5 Å². The van der Waals surface area contributed by atoms with Gasteiger partial charge in [-0.05, 0) is 24.1 Å². The summed E-state index contributed by atoms with van der Waals surface area (Å²) < 4.78 is 55.4. The molecule has 3 rings (SSSR count). The number of nitrogens with zero attached hydrogens (tertiary/aromatic N) is 1. The summed E-state index contributed by atoms with van der Waals surface area (Å²) in [5, 5.41) is 0.541. The maximum Gasteiger partial charge on any atom is 0.233 e. The fourth-order valence-electron chi connectivity index (χ4n) is 2.79. The number of hydrogen-bond donors (Lipinski definition) is 2. The third kappa shape index (κ3) is 4.00. The second-order valence-corrected chi connectivity index (χ2v) is 8.85. The van der Waals surface area contributed by atoms with Gasteiger partial charge >= 0.3 is 0 Å². The van der Waals surface area contributed by atoms with Crippen LogP contribution in [0.2, 0.25) is 5.02 Å². The first-order valence-corrected chi connectivity index (χ1v) is 10.3. The molecule has 0 aliphatic carbocycles. The first kappa shape index (κ1) is 20.2. The van der Waals surface area contributed by atoms with E-state index in [0.29, 0.717) is 11.0 Å². The highest BCUT2D eigenvalue weighted by atomic mass is 35.5. The fourth-order valence-corrected chi connectivity index (χ4v) is 4.40. The number of halogens is 3. The topological polar surface area (TPSA) is 91.9 Å². The minimum Gasteiger partial charge on any atom is -0.345 e. The lowest BCUT2D eigenvalue weighted by Crippen LogP contribution is -2.21. The second kappa shape index (κ2) is 7.48. The number of aromatic nitrogens is 2. The van der Waals surface area contributed by atoms with Crippen LogP contribution in [-0.4, -0.2) is 29.9 Å². The molecule has 2 heterocycles. The predicted octanol–water partition coefficient (Wildman–Crippen LogP) is 4.12. The first-order chi connectivity index (χ1) is 13.1. The van der Waals surface area contributed by atoms with Gasteiger partial charge in [0.05, 0.1) is 22.0 Å². The zero-order valence-corrected chi connectivity index (χ0v) is 16.5. The molecule has 1 aromatic carbocycles. The van der Waals surface area contributed by atoms with Crippen molar-refractivity contribution in [3.8, 4) is 0 Å². The maximum absolute atomic E-state index is 14.9. The average molecular weight is 428 g/mol. The number of benzene rings is 1. The van der Waals surface area contributed by atoms with Gasteiger partial charge in [-0.2, -0.15) is 0 Å². The Morgan fingerprint density at radius 2 is 2.04 bits per heavy atom. The number of nitrogens with one attached hydrogen (secondary N) is 2. The number of ketones is 1. The van der Waals surface area contributed by atoms with Crippen molar-refractivity contribution in [1.29, 1.82) is 0 Å². The Balaban J connectivity index is 2.06. The Kier molecular flexibility index (Phi) is 5.40. The largest absolute Gasteiger partial charge is 0.345 e. The molecule has 0 radical (unpaired) electrons. The van der Waals surface area contributed by atoms with Crippen molar-refractivity contribution in [3.63, 3.8) is 0 Å². The highest BCUT2D eigenvalue weighted by Gasteiger charge is 2.26. The van der Waals surface area contributed by atoms with Crippen LogP contribution >= 0.6 is 11.6 Å².